The molecule has 9 heteroatoms. The van der Waals surface area contributed by atoms with Crippen molar-refractivity contribution < 1.29 is 19.1 Å². The van der Waals surface area contributed by atoms with E-state index in [9.17, 15) is 14.4 Å². The Balaban J connectivity index is 1.54. The van der Waals surface area contributed by atoms with Gasteiger partial charge >= 0.3 is 11.9 Å². The minimum atomic E-state index is -0.723. The summed E-state index contributed by atoms with van der Waals surface area (Å²) in [5.41, 5.74) is 6.24. The molecule has 0 spiro atoms. The molecule has 0 saturated heterocycles. The van der Waals surface area contributed by atoms with Crippen molar-refractivity contribution >= 4 is 35.0 Å². The normalized spacial score (nSPS) is 14.6. The molecule has 1 atom stereocenters. The molecule has 0 radical (unpaired) electrons. The summed E-state index contributed by atoms with van der Waals surface area (Å²) in [5.74, 6) is -0.904. The summed E-state index contributed by atoms with van der Waals surface area (Å²) in [5, 5.41) is 0. The molecule has 226 valence electrons. The van der Waals surface area contributed by atoms with Gasteiger partial charge in [0, 0.05) is 22.6 Å². The molecule has 0 amide bonds. The number of thiazole rings is 1. The molecule has 45 heavy (non-hydrogen) atoms. The lowest BCUT2D eigenvalue weighted by Crippen LogP contribution is -2.40. The first-order valence-electron chi connectivity index (χ1n) is 14.5. The summed E-state index contributed by atoms with van der Waals surface area (Å²) in [6.07, 6.45) is 1.88. The lowest BCUT2D eigenvalue weighted by molar-refractivity contribution is -0.138. The van der Waals surface area contributed by atoms with Gasteiger partial charge in [0.15, 0.2) is 4.80 Å². The highest BCUT2D eigenvalue weighted by molar-refractivity contribution is 7.07. The van der Waals surface area contributed by atoms with E-state index in [0.717, 1.165) is 33.8 Å². The highest BCUT2D eigenvalue weighted by atomic mass is 32.1. The van der Waals surface area contributed by atoms with Gasteiger partial charge in [0.25, 0.3) is 5.56 Å². The van der Waals surface area contributed by atoms with E-state index in [-0.39, 0.29) is 12.2 Å². The van der Waals surface area contributed by atoms with E-state index in [1.807, 2.05) is 98.8 Å². The first-order valence-corrected chi connectivity index (χ1v) is 15.3. The van der Waals surface area contributed by atoms with Crippen LogP contribution in [0.2, 0.25) is 0 Å². The third kappa shape index (κ3) is 5.47. The zero-order chi connectivity index (χ0) is 31.7. The van der Waals surface area contributed by atoms with Crippen LogP contribution in [0, 0.1) is 13.8 Å². The summed E-state index contributed by atoms with van der Waals surface area (Å²) >= 11 is 1.29. The molecular formula is C36H31N3O5S. The second kappa shape index (κ2) is 12.4. The Bertz CT molecular complexity index is 2120. The number of carbonyl (C=O) groups excluding carboxylic acids is 2. The maximum Gasteiger partial charge on any atom is 0.338 e. The molecule has 0 saturated carbocycles. The van der Waals surface area contributed by atoms with E-state index in [2.05, 4.69) is 4.57 Å². The molecule has 5 aromatic rings. The molecule has 0 N–H and O–H groups in total. The first kappa shape index (κ1) is 29.8. The van der Waals surface area contributed by atoms with Crippen LogP contribution in [-0.2, 0) is 14.3 Å². The van der Waals surface area contributed by atoms with E-state index in [1.165, 1.54) is 18.4 Å². The molecule has 1 aliphatic heterocycles. The van der Waals surface area contributed by atoms with Gasteiger partial charge in [-0.05, 0) is 68.3 Å². The monoisotopic (exact) mass is 617 g/mol. The summed E-state index contributed by atoms with van der Waals surface area (Å²) < 4.78 is 14.5. The van der Waals surface area contributed by atoms with Gasteiger partial charge in [-0.2, -0.15) is 0 Å². The van der Waals surface area contributed by atoms with Gasteiger partial charge < -0.3 is 14.0 Å². The Labute approximate surface area is 263 Å². The quantitative estimate of drug-likeness (QED) is 0.236. The van der Waals surface area contributed by atoms with Crippen LogP contribution in [0.3, 0.4) is 0 Å². The van der Waals surface area contributed by atoms with Crippen LogP contribution < -0.4 is 14.9 Å². The summed E-state index contributed by atoms with van der Waals surface area (Å²) in [4.78, 5) is 45.2. The average molecular weight is 618 g/mol. The highest BCUT2D eigenvalue weighted by Crippen LogP contribution is 2.35. The zero-order valence-electron chi connectivity index (χ0n) is 25.3. The lowest BCUT2D eigenvalue weighted by Gasteiger charge is -2.25. The van der Waals surface area contributed by atoms with Crippen LogP contribution in [0.1, 0.15) is 51.4 Å². The maximum absolute atomic E-state index is 14.2. The van der Waals surface area contributed by atoms with Gasteiger partial charge in [-0.15, -0.1) is 0 Å². The number of benzene rings is 3. The van der Waals surface area contributed by atoms with Crippen LogP contribution in [0.5, 0.6) is 0 Å². The Morgan fingerprint density at radius 1 is 0.933 bits per heavy atom. The Kier molecular flexibility index (Phi) is 8.19. The van der Waals surface area contributed by atoms with Crippen molar-refractivity contribution in [2.45, 2.75) is 26.8 Å². The number of rotatable bonds is 7. The fourth-order valence-electron chi connectivity index (χ4n) is 5.73. The maximum atomic E-state index is 14.2. The second-order valence-corrected chi connectivity index (χ2v) is 11.6. The van der Waals surface area contributed by atoms with Crippen molar-refractivity contribution in [2.75, 3.05) is 13.7 Å². The summed E-state index contributed by atoms with van der Waals surface area (Å²) in [6, 6.07) is 27.5. The lowest BCUT2D eigenvalue weighted by atomic mass is 9.93. The molecule has 3 aromatic carbocycles. The SMILES string of the molecule is CCOC(=O)C1=C(c2ccccc2)N=c2s/c(=C/c3cc(C)n(-c4ccc(C(=O)OC)cc4)c3C)c(=O)n2[C@H]1c1ccccc1. The smallest absolute Gasteiger partial charge is 0.338 e. The van der Waals surface area contributed by atoms with Crippen molar-refractivity contribution in [3.8, 4) is 5.69 Å². The number of hydrogen-bond donors (Lipinski definition) is 0. The molecular weight excluding hydrogens is 586 g/mol. The van der Waals surface area contributed by atoms with Gasteiger partial charge in [-0.3, -0.25) is 9.36 Å². The molecule has 0 unspecified atom stereocenters. The standard InChI is InChI=1S/C36H31N3O5S/c1-5-44-35(42)30-31(24-12-8-6-9-13-24)37-36-39(32(30)25-14-10-7-11-15-25)33(40)29(45-36)21-27-20-22(2)38(23(27)3)28-18-16-26(17-19-28)34(41)43-4/h6-21,32H,5H2,1-4H3/b29-21+/t32-/m0/s1. The van der Waals surface area contributed by atoms with Crippen molar-refractivity contribution in [2.24, 2.45) is 4.99 Å². The van der Waals surface area contributed by atoms with Gasteiger partial charge in [-0.1, -0.05) is 72.0 Å². The first-order chi connectivity index (χ1) is 21.8. The molecule has 0 fully saturated rings. The summed E-state index contributed by atoms with van der Waals surface area (Å²) in [6.45, 7) is 5.94. The van der Waals surface area contributed by atoms with Crippen LogP contribution in [0.25, 0.3) is 17.5 Å². The zero-order valence-corrected chi connectivity index (χ0v) is 26.1. The molecule has 0 aliphatic carbocycles. The number of hydrogen-bond acceptors (Lipinski definition) is 7. The molecule has 3 heterocycles. The van der Waals surface area contributed by atoms with E-state index in [4.69, 9.17) is 14.5 Å². The number of aryl methyl sites for hydroxylation is 1. The number of methoxy groups -OCH3 is 1. The number of esters is 2. The average Bonchev–Trinajstić information content (AvgIpc) is 3.53. The van der Waals surface area contributed by atoms with Crippen LogP contribution in [0.15, 0.2) is 106 Å². The molecule has 1 aliphatic rings. The Hall–Kier alpha value is -5.28. The van der Waals surface area contributed by atoms with Gasteiger partial charge in [0.1, 0.15) is 0 Å². The summed E-state index contributed by atoms with van der Waals surface area (Å²) in [7, 11) is 1.36. The molecule has 8 nitrogen and oxygen atoms in total. The van der Waals surface area contributed by atoms with Gasteiger partial charge in [0.05, 0.1) is 41.1 Å². The van der Waals surface area contributed by atoms with Crippen molar-refractivity contribution in [1.82, 2.24) is 9.13 Å². The van der Waals surface area contributed by atoms with Gasteiger partial charge in [0.2, 0.25) is 0 Å². The van der Waals surface area contributed by atoms with Crippen LogP contribution >= 0.6 is 11.3 Å². The van der Waals surface area contributed by atoms with E-state index in [1.54, 1.807) is 23.6 Å². The van der Waals surface area contributed by atoms with Crippen LogP contribution in [0.4, 0.5) is 0 Å². The molecule has 0 bridgehead atoms. The third-order valence-corrected chi connectivity index (χ3v) is 8.78. The fraction of sp³-hybridized carbons (Fsp3) is 0.167. The molecule has 6 rings (SSSR count). The highest BCUT2D eigenvalue weighted by Gasteiger charge is 2.35. The number of fused-ring (bicyclic) bond motifs is 1. The third-order valence-electron chi connectivity index (χ3n) is 7.79. The number of carbonyl (C=O) groups is 2. The predicted octanol–water partition coefficient (Wildman–Crippen LogP) is 5.13. The molecule has 2 aromatic heterocycles. The van der Waals surface area contributed by atoms with E-state index >= 15 is 0 Å². The largest absolute Gasteiger partial charge is 0.465 e. The number of aromatic nitrogens is 2. The predicted molar refractivity (Wildman–Crippen MR) is 174 cm³/mol. The Morgan fingerprint density at radius 3 is 2.24 bits per heavy atom. The van der Waals surface area contributed by atoms with Crippen molar-refractivity contribution in [1.29, 1.82) is 0 Å². The van der Waals surface area contributed by atoms with E-state index < -0.39 is 18.0 Å². The number of ether oxygens (including phenoxy) is 2. The fourth-order valence-corrected chi connectivity index (χ4v) is 6.72. The second-order valence-electron chi connectivity index (χ2n) is 10.5. The topological polar surface area (TPSA) is 91.9 Å². The van der Waals surface area contributed by atoms with Gasteiger partial charge in [-0.25, -0.2) is 14.6 Å². The minimum Gasteiger partial charge on any atom is -0.465 e. The van der Waals surface area contributed by atoms with Crippen molar-refractivity contribution in [3.63, 3.8) is 0 Å². The minimum absolute atomic E-state index is 0.192. The Morgan fingerprint density at radius 2 is 1.60 bits per heavy atom. The van der Waals surface area contributed by atoms with Crippen LogP contribution in [-0.4, -0.2) is 34.8 Å². The van der Waals surface area contributed by atoms with E-state index in [0.29, 0.717) is 26.2 Å². The van der Waals surface area contributed by atoms with Crippen molar-refractivity contribution in [3.05, 3.63) is 150 Å². The number of nitrogens with zero attached hydrogens (tertiary/aromatic N) is 3.